The van der Waals surface area contributed by atoms with Crippen LogP contribution < -0.4 is 15.2 Å². The van der Waals surface area contributed by atoms with E-state index in [1.165, 1.54) is 19.2 Å². The lowest BCUT2D eigenvalue weighted by Crippen LogP contribution is -2.11. The zero-order chi connectivity index (χ0) is 9.68. The van der Waals surface area contributed by atoms with E-state index in [-0.39, 0.29) is 5.75 Å². The molecule has 72 valence electrons. The first-order chi connectivity index (χ1) is 6.27. The fraction of sp³-hybridized carbons (Fsp3) is 0.333. The van der Waals surface area contributed by atoms with Crippen LogP contribution in [0.4, 0.5) is 4.39 Å². The van der Waals surface area contributed by atoms with Crippen LogP contribution in [-0.4, -0.2) is 20.3 Å². The Kier molecular flexibility index (Phi) is 3.52. The zero-order valence-corrected chi connectivity index (χ0v) is 7.42. The molecule has 0 aliphatic carbocycles. The number of ether oxygens (including phenoxy) is 2. The van der Waals surface area contributed by atoms with Crippen LogP contribution in [0.25, 0.3) is 0 Å². The van der Waals surface area contributed by atoms with Gasteiger partial charge in [-0.3, -0.25) is 0 Å². The topological polar surface area (TPSA) is 44.5 Å². The van der Waals surface area contributed by atoms with E-state index in [4.69, 9.17) is 15.2 Å². The molecule has 4 heteroatoms. The summed E-state index contributed by atoms with van der Waals surface area (Å²) in [5, 5.41) is 0. The van der Waals surface area contributed by atoms with Gasteiger partial charge in [0.2, 0.25) is 0 Å². The molecule has 0 amide bonds. The first-order valence-electron chi connectivity index (χ1n) is 3.94. The molecular weight excluding hydrogens is 173 g/mol. The van der Waals surface area contributed by atoms with Gasteiger partial charge in [0.1, 0.15) is 12.4 Å². The van der Waals surface area contributed by atoms with E-state index < -0.39 is 5.82 Å². The van der Waals surface area contributed by atoms with Crippen molar-refractivity contribution in [2.24, 2.45) is 5.73 Å². The first-order valence-corrected chi connectivity index (χ1v) is 3.94. The van der Waals surface area contributed by atoms with Gasteiger partial charge < -0.3 is 15.2 Å². The van der Waals surface area contributed by atoms with Gasteiger partial charge in [0.15, 0.2) is 11.6 Å². The van der Waals surface area contributed by atoms with Crippen molar-refractivity contribution in [2.45, 2.75) is 0 Å². The van der Waals surface area contributed by atoms with Crippen molar-refractivity contribution in [1.82, 2.24) is 0 Å². The Balaban J connectivity index is 2.73. The van der Waals surface area contributed by atoms with Gasteiger partial charge in [0.25, 0.3) is 0 Å². The van der Waals surface area contributed by atoms with Gasteiger partial charge in [0, 0.05) is 12.6 Å². The van der Waals surface area contributed by atoms with Gasteiger partial charge in [-0.05, 0) is 12.1 Å². The van der Waals surface area contributed by atoms with Crippen LogP contribution >= 0.6 is 0 Å². The maximum atomic E-state index is 13.1. The Morgan fingerprint density at radius 2 is 2.23 bits per heavy atom. The van der Waals surface area contributed by atoms with Gasteiger partial charge in [-0.25, -0.2) is 4.39 Å². The smallest absolute Gasteiger partial charge is 0.168 e. The number of methoxy groups -OCH3 is 1. The minimum absolute atomic E-state index is 0.200. The summed E-state index contributed by atoms with van der Waals surface area (Å²) < 4.78 is 23.0. The molecule has 0 heterocycles. The van der Waals surface area contributed by atoms with Gasteiger partial charge in [-0.1, -0.05) is 0 Å². The normalized spacial score (nSPS) is 9.77. The van der Waals surface area contributed by atoms with Crippen LogP contribution in [0.5, 0.6) is 11.5 Å². The second kappa shape index (κ2) is 4.67. The van der Waals surface area contributed by atoms with Crippen molar-refractivity contribution in [3.8, 4) is 11.5 Å². The summed E-state index contributed by atoms with van der Waals surface area (Å²) in [4.78, 5) is 0. The van der Waals surface area contributed by atoms with Gasteiger partial charge in [-0.2, -0.15) is 0 Å². The van der Waals surface area contributed by atoms with Crippen molar-refractivity contribution in [3.05, 3.63) is 24.0 Å². The zero-order valence-electron chi connectivity index (χ0n) is 7.42. The van der Waals surface area contributed by atoms with E-state index in [1.54, 1.807) is 6.07 Å². The molecule has 0 saturated heterocycles. The monoisotopic (exact) mass is 185 g/mol. The minimum Gasteiger partial charge on any atom is -0.497 e. The molecule has 0 fully saturated rings. The van der Waals surface area contributed by atoms with Gasteiger partial charge in [0.05, 0.1) is 7.11 Å². The number of rotatable bonds is 4. The molecule has 1 aromatic rings. The molecule has 0 bridgehead atoms. The Hall–Kier alpha value is -1.29. The lowest BCUT2D eigenvalue weighted by atomic mass is 10.3. The van der Waals surface area contributed by atoms with Gasteiger partial charge >= 0.3 is 0 Å². The highest BCUT2D eigenvalue weighted by molar-refractivity contribution is 5.32. The summed E-state index contributed by atoms with van der Waals surface area (Å²) in [7, 11) is 1.48. The fourth-order valence-electron chi connectivity index (χ4n) is 0.894. The van der Waals surface area contributed by atoms with E-state index in [0.717, 1.165) is 0 Å². The molecule has 3 nitrogen and oxygen atoms in total. The van der Waals surface area contributed by atoms with Crippen molar-refractivity contribution >= 4 is 0 Å². The molecule has 0 aromatic heterocycles. The molecule has 13 heavy (non-hydrogen) atoms. The molecule has 1 aromatic carbocycles. The molecule has 1 rings (SSSR count). The Bertz CT molecular complexity index is 278. The Morgan fingerprint density at radius 1 is 1.46 bits per heavy atom. The molecule has 2 N–H and O–H groups in total. The van der Waals surface area contributed by atoms with E-state index in [1.807, 2.05) is 0 Å². The van der Waals surface area contributed by atoms with E-state index in [2.05, 4.69) is 0 Å². The lowest BCUT2D eigenvalue weighted by Gasteiger charge is -2.06. The number of hydrogen-bond acceptors (Lipinski definition) is 3. The predicted octanol–water partition coefficient (Wildman–Crippen LogP) is 1.17. The standard InChI is InChI=1S/C9H12FNO2/c1-12-7-2-3-9(8(10)6-7)13-5-4-11/h2-3,6H,4-5,11H2,1H3. The summed E-state index contributed by atoms with van der Waals surface area (Å²) in [6, 6.07) is 4.42. The van der Waals surface area contributed by atoms with Crippen LogP contribution in [0.2, 0.25) is 0 Å². The average molecular weight is 185 g/mol. The molecule has 0 aliphatic heterocycles. The number of benzene rings is 1. The average Bonchev–Trinajstić information content (AvgIpc) is 2.16. The van der Waals surface area contributed by atoms with E-state index in [0.29, 0.717) is 18.9 Å². The van der Waals surface area contributed by atoms with Crippen LogP contribution in [0.15, 0.2) is 18.2 Å². The molecule has 0 atom stereocenters. The SMILES string of the molecule is COc1ccc(OCCN)c(F)c1. The quantitative estimate of drug-likeness (QED) is 0.765. The largest absolute Gasteiger partial charge is 0.497 e. The van der Waals surface area contributed by atoms with Crippen LogP contribution in [0.1, 0.15) is 0 Å². The molecule has 0 spiro atoms. The summed E-state index contributed by atoms with van der Waals surface area (Å²) in [6.45, 7) is 0.675. The summed E-state index contributed by atoms with van der Waals surface area (Å²) in [5.74, 6) is 0.233. The third-order valence-corrected chi connectivity index (χ3v) is 1.51. The van der Waals surface area contributed by atoms with E-state index >= 15 is 0 Å². The Morgan fingerprint density at radius 3 is 2.77 bits per heavy atom. The van der Waals surface area contributed by atoms with Crippen LogP contribution in [0.3, 0.4) is 0 Å². The van der Waals surface area contributed by atoms with Crippen LogP contribution in [0, 0.1) is 5.82 Å². The molecule has 0 aliphatic rings. The van der Waals surface area contributed by atoms with Crippen molar-refractivity contribution < 1.29 is 13.9 Å². The summed E-state index contributed by atoms with van der Waals surface area (Å²) in [6.07, 6.45) is 0. The highest BCUT2D eigenvalue weighted by atomic mass is 19.1. The molecule has 0 unspecified atom stereocenters. The van der Waals surface area contributed by atoms with Crippen LogP contribution in [-0.2, 0) is 0 Å². The summed E-state index contributed by atoms with van der Waals surface area (Å²) in [5.41, 5.74) is 5.21. The molecule has 0 radical (unpaired) electrons. The highest BCUT2D eigenvalue weighted by Gasteiger charge is 2.03. The number of halogens is 1. The Labute approximate surface area is 76.3 Å². The second-order valence-electron chi connectivity index (χ2n) is 2.43. The fourth-order valence-corrected chi connectivity index (χ4v) is 0.894. The van der Waals surface area contributed by atoms with E-state index in [9.17, 15) is 4.39 Å². The van der Waals surface area contributed by atoms with Crippen molar-refractivity contribution in [2.75, 3.05) is 20.3 Å². The first kappa shape index (κ1) is 9.80. The predicted molar refractivity (Wildman–Crippen MR) is 47.5 cm³/mol. The molecule has 0 saturated carbocycles. The lowest BCUT2D eigenvalue weighted by molar-refractivity contribution is 0.309. The van der Waals surface area contributed by atoms with Crippen molar-refractivity contribution in [3.63, 3.8) is 0 Å². The minimum atomic E-state index is -0.437. The maximum absolute atomic E-state index is 13.1. The number of nitrogens with two attached hydrogens (primary N) is 1. The summed E-state index contributed by atoms with van der Waals surface area (Å²) >= 11 is 0. The third kappa shape index (κ3) is 2.59. The second-order valence-corrected chi connectivity index (χ2v) is 2.43. The number of hydrogen-bond donors (Lipinski definition) is 1. The third-order valence-electron chi connectivity index (χ3n) is 1.51. The maximum Gasteiger partial charge on any atom is 0.168 e. The van der Waals surface area contributed by atoms with Gasteiger partial charge in [-0.15, -0.1) is 0 Å². The highest BCUT2D eigenvalue weighted by Crippen LogP contribution is 2.21. The van der Waals surface area contributed by atoms with Crippen molar-refractivity contribution in [1.29, 1.82) is 0 Å². The molecular formula is C9H12FNO2.